The lowest BCUT2D eigenvalue weighted by atomic mass is 10.2. The Morgan fingerprint density at radius 1 is 1.12 bits per heavy atom. The summed E-state index contributed by atoms with van der Waals surface area (Å²) in [6.07, 6.45) is 3.75. The number of methoxy groups -OCH3 is 1. The molecule has 1 atom stereocenters. The molecule has 0 aliphatic carbocycles. The van der Waals surface area contributed by atoms with Gasteiger partial charge in [0.1, 0.15) is 17.1 Å². The number of rotatable bonds is 6. The fourth-order valence-electron chi connectivity index (χ4n) is 4.06. The third kappa shape index (κ3) is 4.51. The van der Waals surface area contributed by atoms with E-state index in [0.29, 0.717) is 23.6 Å². The van der Waals surface area contributed by atoms with E-state index in [0.717, 1.165) is 47.1 Å². The predicted molar refractivity (Wildman–Crippen MR) is 132 cm³/mol. The largest absolute Gasteiger partial charge is 0.497 e. The normalized spacial score (nSPS) is 14.5. The Bertz CT molecular complexity index is 1290. The van der Waals surface area contributed by atoms with E-state index in [1.54, 1.807) is 18.5 Å². The lowest BCUT2D eigenvalue weighted by Gasteiger charge is -2.18. The van der Waals surface area contributed by atoms with Crippen molar-refractivity contribution < 1.29 is 9.84 Å². The number of aryl methyl sites for hydroxylation is 1. The summed E-state index contributed by atoms with van der Waals surface area (Å²) in [7, 11) is 1.64. The van der Waals surface area contributed by atoms with Crippen LogP contribution in [0.4, 0.5) is 11.5 Å². The standard InChI is InChI=1S/C23H27N7O2.ClH/c1-14(31)12-24-19-11-21(29-8-4-5-9-29)28-30-13-20(27-23(19)30)22-15(2)25-17-7-6-16(32-3)10-18(17)26-22;/h6-7,10-11,13-14,24,31H,4-5,8-9,12H2,1-3H3;1H. The van der Waals surface area contributed by atoms with Crippen LogP contribution >= 0.6 is 12.4 Å². The Kier molecular flexibility index (Phi) is 6.53. The molecule has 5 rings (SSSR count). The van der Waals surface area contributed by atoms with Gasteiger partial charge in [0.2, 0.25) is 0 Å². The number of aromatic nitrogens is 5. The first kappa shape index (κ1) is 23.0. The van der Waals surface area contributed by atoms with Crippen LogP contribution in [0.15, 0.2) is 30.5 Å². The van der Waals surface area contributed by atoms with Crippen molar-refractivity contribution >= 4 is 40.6 Å². The van der Waals surface area contributed by atoms with Gasteiger partial charge >= 0.3 is 0 Å². The topological polar surface area (TPSA) is 101 Å². The number of nitrogens with zero attached hydrogens (tertiary/aromatic N) is 6. The maximum atomic E-state index is 9.79. The molecule has 33 heavy (non-hydrogen) atoms. The minimum absolute atomic E-state index is 0. The van der Waals surface area contributed by atoms with Crippen LogP contribution in [-0.2, 0) is 0 Å². The van der Waals surface area contributed by atoms with E-state index in [2.05, 4.69) is 10.2 Å². The van der Waals surface area contributed by atoms with Gasteiger partial charge in [-0.1, -0.05) is 0 Å². The van der Waals surface area contributed by atoms with Gasteiger partial charge in [0, 0.05) is 31.8 Å². The highest BCUT2D eigenvalue weighted by atomic mass is 35.5. The minimum atomic E-state index is -0.475. The molecule has 10 heteroatoms. The van der Waals surface area contributed by atoms with Gasteiger partial charge in [-0.25, -0.2) is 19.5 Å². The van der Waals surface area contributed by atoms with E-state index in [1.165, 1.54) is 12.8 Å². The number of ether oxygens (including phenoxy) is 1. The smallest absolute Gasteiger partial charge is 0.177 e. The average Bonchev–Trinajstić information content (AvgIpc) is 3.46. The third-order valence-electron chi connectivity index (χ3n) is 5.72. The molecule has 1 fully saturated rings. The van der Waals surface area contributed by atoms with Crippen LogP contribution in [0.1, 0.15) is 25.5 Å². The fraction of sp³-hybridized carbons (Fsp3) is 0.391. The maximum Gasteiger partial charge on any atom is 0.177 e. The van der Waals surface area contributed by atoms with E-state index in [4.69, 9.17) is 24.8 Å². The number of imidazole rings is 1. The molecule has 0 bridgehead atoms. The van der Waals surface area contributed by atoms with Crippen molar-refractivity contribution in [3.05, 3.63) is 36.2 Å². The average molecular weight is 470 g/mol. The number of hydrogen-bond donors (Lipinski definition) is 2. The highest BCUT2D eigenvalue weighted by Gasteiger charge is 2.19. The second-order valence-corrected chi connectivity index (χ2v) is 8.25. The molecule has 4 aromatic rings. The summed E-state index contributed by atoms with van der Waals surface area (Å²) in [4.78, 5) is 16.7. The molecule has 2 N–H and O–H groups in total. The summed E-state index contributed by atoms with van der Waals surface area (Å²) >= 11 is 0. The molecule has 1 aliphatic heterocycles. The summed E-state index contributed by atoms with van der Waals surface area (Å²) in [6.45, 7) is 6.10. The second kappa shape index (κ2) is 9.36. The molecule has 0 saturated carbocycles. The molecule has 174 valence electrons. The van der Waals surface area contributed by atoms with Gasteiger partial charge in [-0.3, -0.25) is 0 Å². The molecule has 0 amide bonds. The van der Waals surface area contributed by atoms with Crippen molar-refractivity contribution in [1.29, 1.82) is 0 Å². The van der Waals surface area contributed by atoms with Crippen molar-refractivity contribution in [3.63, 3.8) is 0 Å². The van der Waals surface area contributed by atoms with E-state index >= 15 is 0 Å². The van der Waals surface area contributed by atoms with Gasteiger partial charge in [-0.15, -0.1) is 17.5 Å². The van der Waals surface area contributed by atoms with Crippen LogP contribution in [0.5, 0.6) is 5.75 Å². The number of anilines is 2. The van der Waals surface area contributed by atoms with E-state index in [1.807, 2.05) is 37.4 Å². The van der Waals surface area contributed by atoms with Crippen LogP contribution in [0.2, 0.25) is 0 Å². The molecule has 0 spiro atoms. The Morgan fingerprint density at radius 2 is 1.91 bits per heavy atom. The highest BCUT2D eigenvalue weighted by molar-refractivity contribution is 5.85. The van der Waals surface area contributed by atoms with Crippen LogP contribution in [0.25, 0.3) is 28.1 Å². The first-order valence-electron chi connectivity index (χ1n) is 10.9. The van der Waals surface area contributed by atoms with Gasteiger partial charge < -0.3 is 20.1 Å². The zero-order valence-corrected chi connectivity index (χ0v) is 19.8. The van der Waals surface area contributed by atoms with Crippen molar-refractivity contribution in [2.24, 2.45) is 0 Å². The minimum Gasteiger partial charge on any atom is -0.497 e. The van der Waals surface area contributed by atoms with Crippen LogP contribution in [0, 0.1) is 6.92 Å². The molecule has 4 heterocycles. The number of aliphatic hydroxyl groups is 1. The summed E-state index contributed by atoms with van der Waals surface area (Å²) in [5.74, 6) is 1.64. The summed E-state index contributed by atoms with van der Waals surface area (Å²) in [5, 5.41) is 17.9. The predicted octanol–water partition coefficient (Wildman–Crippen LogP) is 3.47. The first-order valence-corrected chi connectivity index (χ1v) is 10.9. The Morgan fingerprint density at radius 3 is 2.64 bits per heavy atom. The molecule has 1 unspecified atom stereocenters. The Hall–Kier alpha value is -3.17. The number of halogens is 1. The first-order chi connectivity index (χ1) is 15.5. The quantitative estimate of drug-likeness (QED) is 0.442. The summed E-state index contributed by atoms with van der Waals surface area (Å²) in [5.41, 5.74) is 5.29. The Labute approximate surface area is 198 Å². The molecule has 1 aliphatic rings. The zero-order chi connectivity index (χ0) is 22.2. The van der Waals surface area contributed by atoms with Gasteiger partial charge in [0.05, 0.1) is 41.8 Å². The van der Waals surface area contributed by atoms with Crippen molar-refractivity contribution in [1.82, 2.24) is 24.6 Å². The van der Waals surface area contributed by atoms with Crippen LogP contribution < -0.4 is 15.0 Å². The maximum absolute atomic E-state index is 9.79. The number of fused-ring (bicyclic) bond motifs is 2. The summed E-state index contributed by atoms with van der Waals surface area (Å²) < 4.78 is 7.13. The van der Waals surface area contributed by atoms with Crippen molar-refractivity contribution in [3.8, 4) is 17.1 Å². The third-order valence-corrected chi connectivity index (χ3v) is 5.72. The number of nitrogens with one attached hydrogen (secondary N) is 1. The number of hydrogen-bond acceptors (Lipinski definition) is 8. The molecular weight excluding hydrogens is 442 g/mol. The molecular formula is C23H28ClN7O2. The van der Waals surface area contributed by atoms with Gasteiger partial charge in [-0.05, 0) is 38.8 Å². The van der Waals surface area contributed by atoms with E-state index in [9.17, 15) is 5.11 Å². The molecule has 0 radical (unpaired) electrons. The lowest BCUT2D eigenvalue weighted by molar-refractivity contribution is 0.208. The van der Waals surface area contributed by atoms with Gasteiger partial charge in [-0.2, -0.15) is 0 Å². The van der Waals surface area contributed by atoms with Crippen LogP contribution in [0.3, 0.4) is 0 Å². The van der Waals surface area contributed by atoms with Gasteiger partial charge in [0.25, 0.3) is 0 Å². The highest BCUT2D eigenvalue weighted by Crippen LogP contribution is 2.29. The van der Waals surface area contributed by atoms with Gasteiger partial charge in [0.15, 0.2) is 11.5 Å². The van der Waals surface area contributed by atoms with Crippen LogP contribution in [-0.4, -0.2) is 62.5 Å². The molecule has 1 aromatic carbocycles. The molecule has 9 nitrogen and oxygen atoms in total. The fourth-order valence-corrected chi connectivity index (χ4v) is 4.06. The van der Waals surface area contributed by atoms with E-state index in [-0.39, 0.29) is 12.4 Å². The molecule has 3 aromatic heterocycles. The second-order valence-electron chi connectivity index (χ2n) is 8.25. The number of aliphatic hydroxyl groups excluding tert-OH is 1. The SMILES string of the molecule is COc1ccc2nc(C)c(-c3cn4nc(N5CCCC5)cc(NCC(C)O)c4n3)nc2c1.Cl. The van der Waals surface area contributed by atoms with Crippen molar-refractivity contribution in [2.75, 3.05) is 37.0 Å². The molecule has 1 saturated heterocycles. The lowest BCUT2D eigenvalue weighted by Crippen LogP contribution is -2.21. The van der Waals surface area contributed by atoms with E-state index < -0.39 is 6.10 Å². The zero-order valence-electron chi connectivity index (χ0n) is 18.9. The monoisotopic (exact) mass is 469 g/mol. The van der Waals surface area contributed by atoms with Crippen molar-refractivity contribution in [2.45, 2.75) is 32.8 Å². The summed E-state index contributed by atoms with van der Waals surface area (Å²) in [6, 6.07) is 7.68. The number of benzene rings is 1. The Balaban J connectivity index is 0.00000259.